The Morgan fingerprint density at radius 1 is 1.41 bits per heavy atom. The van der Waals surface area contributed by atoms with Crippen LogP contribution in [0, 0.1) is 12.8 Å². The minimum atomic E-state index is 0.457. The lowest BCUT2D eigenvalue weighted by Crippen LogP contribution is -2.45. The summed E-state index contributed by atoms with van der Waals surface area (Å²) in [4.78, 5) is 6.55. The lowest BCUT2D eigenvalue weighted by atomic mass is 9.83. The lowest BCUT2D eigenvalue weighted by molar-refractivity contribution is 0.284. The van der Waals surface area contributed by atoms with Gasteiger partial charge in [-0.2, -0.15) is 4.98 Å². The van der Waals surface area contributed by atoms with Gasteiger partial charge in [0, 0.05) is 12.6 Å². The molecule has 1 aromatic rings. The Hall–Kier alpha value is -1.10. The Balaban J connectivity index is 2.16. The molecule has 0 spiro atoms. The maximum absolute atomic E-state index is 5.88. The maximum Gasteiger partial charge on any atom is 0.324 e. The van der Waals surface area contributed by atoms with Gasteiger partial charge in [-0.25, -0.2) is 0 Å². The molecule has 1 saturated carbocycles. The van der Waals surface area contributed by atoms with Crippen molar-refractivity contribution in [1.29, 1.82) is 0 Å². The summed E-state index contributed by atoms with van der Waals surface area (Å²) in [6, 6.07) is 1.11. The second-order valence-corrected chi connectivity index (χ2v) is 4.76. The fraction of sp³-hybridized carbons (Fsp3) is 0.833. The molecule has 0 bridgehead atoms. The molecule has 96 valence electrons. The van der Waals surface area contributed by atoms with E-state index in [1.807, 2.05) is 6.92 Å². The van der Waals surface area contributed by atoms with Crippen molar-refractivity contribution in [2.75, 3.05) is 18.0 Å². The number of nitrogens with two attached hydrogens (primary N) is 1. The van der Waals surface area contributed by atoms with Gasteiger partial charge in [-0.3, -0.25) is 0 Å². The van der Waals surface area contributed by atoms with Gasteiger partial charge in [-0.05, 0) is 39.2 Å². The largest absolute Gasteiger partial charge is 0.330 e. The third kappa shape index (κ3) is 2.60. The average molecular weight is 238 g/mol. The van der Waals surface area contributed by atoms with Crippen LogP contribution in [0.5, 0.6) is 0 Å². The van der Waals surface area contributed by atoms with Crippen molar-refractivity contribution in [3.05, 3.63) is 5.82 Å². The van der Waals surface area contributed by atoms with Gasteiger partial charge in [0.05, 0.1) is 0 Å². The zero-order valence-corrected chi connectivity index (χ0v) is 10.7. The summed E-state index contributed by atoms with van der Waals surface area (Å²) in [6.07, 6.45) is 4.95. The third-order valence-corrected chi connectivity index (χ3v) is 3.68. The minimum absolute atomic E-state index is 0.457. The molecule has 0 saturated heterocycles. The molecule has 1 fully saturated rings. The molecule has 0 aliphatic heterocycles. The molecule has 0 amide bonds. The summed E-state index contributed by atoms with van der Waals surface area (Å²) >= 11 is 0. The average Bonchev–Trinajstić information content (AvgIpc) is 2.77. The summed E-state index contributed by atoms with van der Waals surface area (Å²) in [6.45, 7) is 5.61. The second kappa shape index (κ2) is 5.49. The summed E-state index contributed by atoms with van der Waals surface area (Å²) in [5.41, 5.74) is 5.88. The molecular weight excluding hydrogens is 216 g/mol. The van der Waals surface area contributed by atoms with E-state index in [2.05, 4.69) is 22.0 Å². The molecule has 0 radical (unpaired) electrons. The van der Waals surface area contributed by atoms with E-state index >= 15 is 0 Å². The molecule has 5 nitrogen and oxygen atoms in total. The SMILES string of the molecule is CCN(c1nc(C)no1)C1CCCCC1CN. The van der Waals surface area contributed by atoms with Crippen molar-refractivity contribution in [2.45, 2.75) is 45.6 Å². The quantitative estimate of drug-likeness (QED) is 0.865. The van der Waals surface area contributed by atoms with Crippen LogP contribution in [0.3, 0.4) is 0 Å². The van der Waals surface area contributed by atoms with Gasteiger partial charge >= 0.3 is 6.01 Å². The zero-order chi connectivity index (χ0) is 12.3. The van der Waals surface area contributed by atoms with Gasteiger partial charge in [0.1, 0.15) is 0 Å². The van der Waals surface area contributed by atoms with Crippen molar-refractivity contribution < 1.29 is 4.52 Å². The fourth-order valence-electron chi connectivity index (χ4n) is 2.79. The summed E-state index contributed by atoms with van der Waals surface area (Å²) < 4.78 is 5.29. The summed E-state index contributed by atoms with van der Waals surface area (Å²) in [5, 5.41) is 3.87. The number of rotatable bonds is 4. The first kappa shape index (κ1) is 12.4. The van der Waals surface area contributed by atoms with Gasteiger partial charge in [-0.15, -0.1) is 0 Å². The molecular formula is C12H22N4O. The molecule has 1 heterocycles. The highest BCUT2D eigenvalue weighted by molar-refractivity contribution is 5.27. The Morgan fingerprint density at radius 2 is 2.18 bits per heavy atom. The second-order valence-electron chi connectivity index (χ2n) is 4.76. The van der Waals surface area contributed by atoms with E-state index in [1.54, 1.807) is 0 Å². The first-order chi connectivity index (χ1) is 8.26. The van der Waals surface area contributed by atoms with Crippen LogP contribution in [0.2, 0.25) is 0 Å². The van der Waals surface area contributed by atoms with Crippen molar-refractivity contribution in [2.24, 2.45) is 11.7 Å². The van der Waals surface area contributed by atoms with E-state index in [0.29, 0.717) is 23.8 Å². The predicted molar refractivity (Wildman–Crippen MR) is 66.9 cm³/mol. The molecule has 2 atom stereocenters. The smallest absolute Gasteiger partial charge is 0.324 e. The standard InChI is InChI=1S/C12H22N4O/c1-3-16(12-14-9(2)15-17-12)11-7-5-4-6-10(11)8-13/h10-11H,3-8,13H2,1-2H3. The van der Waals surface area contributed by atoms with Crippen LogP contribution >= 0.6 is 0 Å². The Morgan fingerprint density at radius 3 is 2.76 bits per heavy atom. The van der Waals surface area contributed by atoms with Crippen molar-refractivity contribution in [1.82, 2.24) is 10.1 Å². The first-order valence-corrected chi connectivity index (χ1v) is 6.53. The minimum Gasteiger partial charge on any atom is -0.330 e. The number of aryl methyl sites for hydroxylation is 1. The fourth-order valence-corrected chi connectivity index (χ4v) is 2.79. The first-order valence-electron chi connectivity index (χ1n) is 6.53. The van der Waals surface area contributed by atoms with Crippen molar-refractivity contribution in [3.63, 3.8) is 0 Å². The van der Waals surface area contributed by atoms with Crippen molar-refractivity contribution >= 4 is 6.01 Å². The van der Waals surface area contributed by atoms with Gasteiger partial charge in [0.2, 0.25) is 0 Å². The number of nitrogens with zero attached hydrogens (tertiary/aromatic N) is 3. The van der Waals surface area contributed by atoms with E-state index < -0.39 is 0 Å². The highest BCUT2D eigenvalue weighted by atomic mass is 16.5. The van der Waals surface area contributed by atoms with Gasteiger partial charge in [-0.1, -0.05) is 18.0 Å². The van der Waals surface area contributed by atoms with Crippen LogP contribution in [0.4, 0.5) is 6.01 Å². The number of anilines is 1. The van der Waals surface area contributed by atoms with E-state index in [4.69, 9.17) is 10.3 Å². The maximum atomic E-state index is 5.88. The Bertz CT molecular complexity index is 352. The molecule has 1 aromatic heterocycles. The highest BCUT2D eigenvalue weighted by Crippen LogP contribution is 2.30. The molecule has 17 heavy (non-hydrogen) atoms. The van der Waals surface area contributed by atoms with E-state index in [-0.39, 0.29) is 0 Å². The van der Waals surface area contributed by atoms with E-state index in [0.717, 1.165) is 13.1 Å². The predicted octanol–water partition coefficient (Wildman–Crippen LogP) is 1.72. The van der Waals surface area contributed by atoms with Crippen molar-refractivity contribution in [3.8, 4) is 0 Å². The van der Waals surface area contributed by atoms with E-state index in [1.165, 1.54) is 25.7 Å². The molecule has 1 aliphatic carbocycles. The third-order valence-electron chi connectivity index (χ3n) is 3.68. The zero-order valence-electron chi connectivity index (χ0n) is 10.7. The molecule has 2 rings (SSSR count). The topological polar surface area (TPSA) is 68.2 Å². The molecule has 2 N–H and O–H groups in total. The molecule has 5 heteroatoms. The lowest BCUT2D eigenvalue weighted by Gasteiger charge is -2.38. The van der Waals surface area contributed by atoms with Crippen LogP contribution in [0.1, 0.15) is 38.4 Å². The van der Waals surface area contributed by atoms with Gasteiger partial charge in [0.25, 0.3) is 0 Å². The Labute approximate surface area is 102 Å². The molecule has 1 aliphatic rings. The van der Waals surface area contributed by atoms with Gasteiger partial charge in [0.15, 0.2) is 5.82 Å². The molecule has 0 aromatic carbocycles. The van der Waals surface area contributed by atoms with Crippen LogP contribution in [-0.4, -0.2) is 29.3 Å². The number of aromatic nitrogens is 2. The normalized spacial score (nSPS) is 24.9. The van der Waals surface area contributed by atoms with Crippen LogP contribution in [-0.2, 0) is 0 Å². The summed E-state index contributed by atoms with van der Waals surface area (Å²) in [7, 11) is 0. The van der Waals surface area contributed by atoms with Gasteiger partial charge < -0.3 is 15.2 Å². The monoisotopic (exact) mass is 238 g/mol. The van der Waals surface area contributed by atoms with Crippen LogP contribution in [0.25, 0.3) is 0 Å². The number of hydrogen-bond donors (Lipinski definition) is 1. The Kier molecular flexibility index (Phi) is 3.99. The highest BCUT2D eigenvalue weighted by Gasteiger charge is 2.31. The summed E-state index contributed by atoms with van der Waals surface area (Å²) in [5.74, 6) is 1.24. The van der Waals surface area contributed by atoms with Crippen LogP contribution < -0.4 is 10.6 Å². The van der Waals surface area contributed by atoms with E-state index in [9.17, 15) is 0 Å². The van der Waals surface area contributed by atoms with Crippen LogP contribution in [0.15, 0.2) is 4.52 Å². The molecule has 2 unspecified atom stereocenters. The number of hydrogen-bond acceptors (Lipinski definition) is 5.